The van der Waals surface area contributed by atoms with E-state index in [2.05, 4.69) is 67.3 Å². The fraction of sp³-hybridized carbons (Fsp3) is 0.250. The molecule has 24 nitrogen and oxygen atoms in total. The number of nitrogens with zero attached hydrogens (tertiary/aromatic N) is 13. The molecule has 6 aromatic heterocycles. The van der Waals surface area contributed by atoms with E-state index in [1.807, 2.05) is 51.1 Å². The Balaban J connectivity index is 0.000000122. The fourth-order valence-corrected chi connectivity index (χ4v) is 15.7. The number of nitrogens with two attached hydrogens (primary N) is 4. The average molecular weight is 1880 g/mol. The van der Waals surface area contributed by atoms with Gasteiger partial charge in [0.1, 0.15) is 59.2 Å². The number of ketones is 4. The molecular formula is C108H99F7N18O6. The number of amides is 2. The van der Waals surface area contributed by atoms with Gasteiger partial charge in [-0.05, 0) is 328 Å². The predicted molar refractivity (Wildman–Crippen MR) is 519 cm³/mol. The summed E-state index contributed by atoms with van der Waals surface area (Å²) in [6, 6.07) is 55.2. The van der Waals surface area contributed by atoms with Crippen LogP contribution < -0.4 is 28.3 Å². The summed E-state index contributed by atoms with van der Waals surface area (Å²) in [6.07, 6.45) is 17.4. The number of carbonyl (C=O) groups excluding carboxylic acids is 5. The van der Waals surface area contributed by atoms with Crippen LogP contribution in [0.25, 0.3) is 89.1 Å². The van der Waals surface area contributed by atoms with Gasteiger partial charge in [-0.3, -0.25) is 24.5 Å². The highest BCUT2D eigenvalue weighted by Crippen LogP contribution is 2.50. The van der Waals surface area contributed by atoms with Gasteiger partial charge in [0.25, 0.3) is 0 Å². The molecule has 1 saturated heterocycles. The molecule has 7 fully saturated rings. The Morgan fingerprint density at radius 1 is 0.403 bits per heavy atom. The van der Waals surface area contributed by atoms with Crippen LogP contribution in [0.3, 0.4) is 0 Å². The first-order valence-electron chi connectivity index (χ1n) is 45.9. The quantitative estimate of drug-likeness (QED) is 0.0217. The van der Waals surface area contributed by atoms with E-state index in [9.17, 15) is 54.7 Å². The number of aromatic nitrogens is 12. The lowest BCUT2D eigenvalue weighted by Gasteiger charge is -2.26. The number of nitrogens with one attached hydrogen (secondary N) is 1. The number of halogens is 7. The second-order valence-electron chi connectivity index (χ2n) is 35.1. The Hall–Kier alpha value is -15.7. The second-order valence-corrected chi connectivity index (χ2v) is 35.1. The molecule has 2 amide bonds. The maximum Gasteiger partial charge on any atom is 0.324 e. The molecule has 0 bridgehead atoms. The Kier molecular flexibility index (Phi) is 30.2. The third kappa shape index (κ3) is 25.7. The van der Waals surface area contributed by atoms with Crippen LogP contribution in [0.4, 0.5) is 59.3 Å². The number of carbonyl (C=O) groups is 5. The van der Waals surface area contributed by atoms with Crippen molar-refractivity contribution in [3.05, 3.63) is 334 Å². The molecule has 139 heavy (non-hydrogen) atoms. The molecule has 706 valence electrons. The maximum absolute atomic E-state index is 13.8. The highest BCUT2D eigenvalue weighted by atomic mass is 19.2. The Labute approximate surface area is 797 Å². The van der Waals surface area contributed by atoms with Crippen molar-refractivity contribution in [1.82, 2.24) is 64.7 Å². The number of hydrogen-bond acceptors (Lipinski definition) is 22. The standard InChI is InChI=1S/C27H25FN6O2.C22H18FN5.C14H14FN3.C13H12FN3.C12H12FNO.C12H11FO2.C8H7FO/c1-16-21-14-19(6-9-22(21)30-15-29-16)23-24(17-2-3-17)31-26(33-27(35)34-10-12-36-13-11-34)32-25(23)18-4-7-20(28)8-5-18;1-12-17-10-15(6-9-18(17)26-11-25-12)19-20(13-2-3-13)27-22(24)28-21(19)14-4-7-16(23)8-5-14;1-8-12(9-2-3-9)17-14(16)18-13(8)10-4-6-11(15)7-5-10;14-10-5-3-9(4-6-10)12-7-11(8-1-2-8)16-13(15)17-12;2*13-10-5-3-9(4-6-10)12(15)7-11(14)8-1-2-8;1-6(10)7-2-4-8(9)5-3-7/h4-9,14-15,17H,2-3,10-13H2,1H3,(H,31,32,33,35);4-11,13H,2-3H2,1H3,(H2,24,27,28);4-7,9H,2-3H2,1H3,(H2,16,17,18);3-8H,1-2H2,(H2,15,16,17);3-8H,1-2,14H2;3-6,8H,1-2,7H2;2-5H,1H3/b;;;;11-7-;;. The lowest BCUT2D eigenvalue weighted by atomic mass is 9.94. The first-order chi connectivity index (χ1) is 67.1. The summed E-state index contributed by atoms with van der Waals surface area (Å²) >= 11 is 0. The van der Waals surface area contributed by atoms with Crippen molar-refractivity contribution < 1.29 is 59.4 Å². The topological polar surface area (TPSA) is 369 Å². The van der Waals surface area contributed by atoms with Crippen LogP contribution in [0, 0.1) is 73.3 Å². The summed E-state index contributed by atoms with van der Waals surface area (Å²) in [4.78, 5) is 113. The normalized spacial score (nSPS) is 14.7. The molecule has 9 aromatic carbocycles. The Morgan fingerprint density at radius 3 is 1.24 bits per heavy atom. The van der Waals surface area contributed by atoms with Gasteiger partial charge < -0.3 is 32.6 Å². The molecule has 0 radical (unpaired) electrons. The lowest BCUT2D eigenvalue weighted by molar-refractivity contribution is -0.119. The smallest absolute Gasteiger partial charge is 0.324 e. The van der Waals surface area contributed by atoms with Crippen molar-refractivity contribution in [2.24, 2.45) is 17.6 Å². The van der Waals surface area contributed by atoms with Crippen LogP contribution >= 0.6 is 0 Å². The van der Waals surface area contributed by atoms with E-state index < -0.39 is 0 Å². The van der Waals surface area contributed by atoms with E-state index in [4.69, 9.17) is 37.6 Å². The van der Waals surface area contributed by atoms with Crippen molar-refractivity contribution >= 4 is 74.8 Å². The van der Waals surface area contributed by atoms with Gasteiger partial charge in [0, 0.05) is 132 Å². The van der Waals surface area contributed by atoms with E-state index in [1.165, 1.54) is 160 Å². The number of rotatable bonds is 19. The van der Waals surface area contributed by atoms with Crippen molar-refractivity contribution in [2.45, 2.75) is 135 Å². The van der Waals surface area contributed by atoms with Gasteiger partial charge >= 0.3 is 6.03 Å². The van der Waals surface area contributed by atoms with Gasteiger partial charge in [0.05, 0.1) is 70.5 Å². The number of urea groups is 1. The van der Waals surface area contributed by atoms with E-state index in [1.54, 1.807) is 66.1 Å². The summed E-state index contributed by atoms with van der Waals surface area (Å²) in [7, 11) is 0. The number of allylic oxidation sites excluding steroid dienone is 2. The molecule has 7 heterocycles. The van der Waals surface area contributed by atoms with Crippen LogP contribution in [-0.4, -0.2) is 120 Å². The number of fused-ring (bicyclic) bond motifs is 2. The third-order valence-corrected chi connectivity index (χ3v) is 24.3. The third-order valence-electron chi connectivity index (χ3n) is 24.3. The molecular weight excluding hydrogens is 1780 g/mol. The van der Waals surface area contributed by atoms with Crippen molar-refractivity contribution in [3.8, 4) is 67.3 Å². The van der Waals surface area contributed by atoms with Gasteiger partial charge in [-0.25, -0.2) is 95.3 Å². The highest BCUT2D eigenvalue weighted by molar-refractivity contribution is 6.09. The van der Waals surface area contributed by atoms with Crippen LogP contribution in [0.1, 0.15) is 185 Å². The molecule has 9 N–H and O–H groups in total. The maximum atomic E-state index is 13.8. The van der Waals surface area contributed by atoms with Crippen LogP contribution in [0.15, 0.2) is 237 Å². The summed E-state index contributed by atoms with van der Waals surface area (Å²) in [5, 5.41) is 4.83. The number of aryl methyl sites for hydroxylation is 2. The zero-order valence-corrected chi connectivity index (χ0v) is 76.6. The van der Waals surface area contributed by atoms with Crippen molar-refractivity contribution in [1.29, 1.82) is 0 Å². The van der Waals surface area contributed by atoms with E-state index >= 15 is 0 Å². The fourth-order valence-electron chi connectivity index (χ4n) is 15.7. The lowest BCUT2D eigenvalue weighted by Crippen LogP contribution is -2.43. The minimum atomic E-state index is -0.375. The molecule has 0 spiro atoms. The molecule has 0 atom stereocenters. The van der Waals surface area contributed by atoms with Crippen LogP contribution in [-0.2, 0) is 9.53 Å². The molecule has 22 rings (SSSR count). The van der Waals surface area contributed by atoms with E-state index in [0.29, 0.717) is 84.0 Å². The number of Topliss-reactive ketones (excluding diaryl/α,β-unsaturated/α-hetero) is 3. The second kappa shape index (κ2) is 43.6. The molecule has 6 saturated carbocycles. The van der Waals surface area contributed by atoms with E-state index in [-0.39, 0.29) is 106 Å². The first-order valence-corrected chi connectivity index (χ1v) is 45.9. The zero-order chi connectivity index (χ0) is 97.7. The average Bonchev–Trinajstić information content (AvgIpc) is 1.68. The van der Waals surface area contributed by atoms with Gasteiger partial charge in [-0.1, -0.05) is 12.1 Å². The summed E-state index contributed by atoms with van der Waals surface area (Å²) in [5.41, 5.74) is 43.8. The van der Waals surface area contributed by atoms with Crippen LogP contribution in [0.5, 0.6) is 0 Å². The molecule has 7 aliphatic rings. The Bertz CT molecular complexity index is 7060. The molecule has 0 unspecified atom stereocenters. The van der Waals surface area contributed by atoms with E-state index in [0.717, 1.165) is 174 Å². The van der Waals surface area contributed by atoms with Crippen molar-refractivity contribution in [2.75, 3.05) is 48.8 Å². The van der Waals surface area contributed by atoms with Crippen molar-refractivity contribution in [3.63, 3.8) is 0 Å². The number of anilines is 4. The number of hydrogen-bond donors (Lipinski definition) is 5. The zero-order valence-electron chi connectivity index (χ0n) is 76.6. The van der Waals surface area contributed by atoms with Gasteiger partial charge in [-0.2, -0.15) is 0 Å². The summed E-state index contributed by atoms with van der Waals surface area (Å²) < 4.78 is 95.8. The SMILES string of the molecule is CC(=O)c1ccc(F)cc1.Cc1c(-c2ccc(F)cc2)nc(N)nc1C1CC1.Cc1ncnc2ccc(-c3c(-c4ccc(F)cc4)nc(N)nc3C3CC3)cc12.Cc1ncnc2ccc(-c3c(-c4ccc(F)cc4)nc(NC(=O)N4CCOCC4)nc3C3CC3)cc12.N/C(=C\C(=O)c1ccc(F)cc1)C1CC1.Nc1nc(-c2ccc(F)cc2)cc(C2CC2)n1.O=C(CC(=O)C1CC1)c1ccc(F)cc1. The Morgan fingerprint density at radius 2 is 0.791 bits per heavy atom. The first kappa shape index (κ1) is 96.5. The monoisotopic (exact) mass is 1880 g/mol. The van der Waals surface area contributed by atoms with Gasteiger partial charge in [0.2, 0.25) is 23.8 Å². The van der Waals surface area contributed by atoms with Crippen LogP contribution in [0.2, 0.25) is 0 Å². The minimum Gasteiger partial charge on any atom is -0.402 e. The van der Waals surface area contributed by atoms with Gasteiger partial charge in [0.15, 0.2) is 17.3 Å². The molecule has 15 aromatic rings. The predicted octanol–water partition coefficient (Wildman–Crippen LogP) is 22.1. The summed E-state index contributed by atoms with van der Waals surface area (Å²) in [6.45, 7) is 9.43. The minimum absolute atomic E-state index is 0.0179. The molecule has 1 aliphatic heterocycles. The highest BCUT2D eigenvalue weighted by Gasteiger charge is 2.36. The number of nitrogen functional groups attached to an aromatic ring is 3. The largest absolute Gasteiger partial charge is 0.402 e. The number of benzene rings is 9. The number of morpholine rings is 1. The molecule has 31 heteroatoms. The van der Waals surface area contributed by atoms with Gasteiger partial charge in [-0.15, -0.1) is 0 Å². The summed E-state index contributed by atoms with van der Waals surface area (Å²) in [5.74, 6) is 0.721. The molecule has 6 aliphatic carbocycles. The number of ether oxygens (including phenoxy) is 1.